The highest BCUT2D eigenvalue weighted by Crippen LogP contribution is 2.44. The Morgan fingerprint density at radius 3 is 2.07 bits per heavy atom. The fourth-order valence-electron chi connectivity index (χ4n) is 1.40. The molecule has 2 nitrogen and oxygen atoms in total. The summed E-state index contributed by atoms with van der Waals surface area (Å²) in [7, 11) is 2.13. The van der Waals surface area contributed by atoms with E-state index >= 15 is 0 Å². The molecule has 5 heteroatoms. The number of hydrogen-bond acceptors (Lipinski definition) is 3. The minimum atomic E-state index is -1.48. The van der Waals surface area contributed by atoms with Gasteiger partial charge < -0.3 is 9.47 Å². The van der Waals surface area contributed by atoms with Crippen LogP contribution in [-0.4, -0.2) is 18.6 Å². The number of ether oxygens (including phenoxy) is 2. The van der Waals surface area contributed by atoms with Crippen LogP contribution in [0.25, 0.3) is 0 Å². The summed E-state index contributed by atoms with van der Waals surface area (Å²) in [6.07, 6.45) is 0. The minimum absolute atomic E-state index is 0.0294. The molecule has 0 bridgehead atoms. The first-order chi connectivity index (χ1) is 6.49. The zero-order valence-electron chi connectivity index (χ0n) is 8.09. The molecule has 1 unspecified atom stereocenters. The van der Waals surface area contributed by atoms with Gasteiger partial charge in [-0.15, -0.1) is 11.3 Å². The second-order valence-corrected chi connectivity index (χ2v) is 5.95. The Balaban J connectivity index is 2.35. The molecule has 1 aliphatic heterocycles. The lowest BCUT2D eigenvalue weighted by Crippen LogP contribution is -2.28. The van der Waals surface area contributed by atoms with E-state index < -0.39 is 5.41 Å². The van der Waals surface area contributed by atoms with Gasteiger partial charge >= 0.3 is 0 Å². The standard InChI is InChI=1S/C9H12FO2PS/c1-5-7-8(6(2)14-5)12-4-9(10,13)3-11-7/h3-4,13H2,1-2H3. The molecule has 78 valence electrons. The zero-order valence-corrected chi connectivity index (χ0v) is 10.1. The van der Waals surface area contributed by atoms with Crippen LogP contribution in [0, 0.1) is 13.8 Å². The maximum atomic E-state index is 13.6. The first-order valence-corrected chi connectivity index (χ1v) is 5.72. The van der Waals surface area contributed by atoms with E-state index in [1.165, 1.54) is 0 Å². The number of rotatable bonds is 0. The highest BCUT2D eigenvalue weighted by atomic mass is 32.1. The summed E-state index contributed by atoms with van der Waals surface area (Å²) in [5, 5.41) is -1.48. The predicted octanol–water partition coefficient (Wildman–Crippen LogP) is 2.68. The molecule has 2 rings (SSSR count). The molecule has 0 N–H and O–H groups in total. The van der Waals surface area contributed by atoms with Gasteiger partial charge in [-0.3, -0.25) is 0 Å². The van der Waals surface area contributed by atoms with E-state index in [0.29, 0.717) is 11.5 Å². The lowest BCUT2D eigenvalue weighted by Gasteiger charge is -2.15. The van der Waals surface area contributed by atoms with Gasteiger partial charge in [0, 0.05) is 9.75 Å². The molecule has 0 saturated heterocycles. The first-order valence-electron chi connectivity index (χ1n) is 4.33. The fraction of sp³-hybridized carbons (Fsp3) is 0.556. The zero-order chi connectivity index (χ0) is 10.3. The van der Waals surface area contributed by atoms with Gasteiger partial charge in [0.15, 0.2) is 16.9 Å². The Hall–Kier alpha value is -0.340. The van der Waals surface area contributed by atoms with Crippen molar-refractivity contribution in [2.75, 3.05) is 13.2 Å². The van der Waals surface area contributed by atoms with Crippen LogP contribution in [0.4, 0.5) is 4.39 Å². The second kappa shape index (κ2) is 3.35. The van der Waals surface area contributed by atoms with Crippen LogP contribution >= 0.6 is 20.6 Å². The molecular formula is C9H12FO2PS. The Bertz CT molecular complexity index is 331. The van der Waals surface area contributed by atoms with Gasteiger partial charge in [-0.25, -0.2) is 4.39 Å². The van der Waals surface area contributed by atoms with E-state index in [1.54, 1.807) is 11.3 Å². The molecule has 14 heavy (non-hydrogen) atoms. The SMILES string of the molecule is Cc1sc(C)c2c1OCC(F)(P)CO2. The summed E-state index contributed by atoms with van der Waals surface area (Å²) in [6, 6.07) is 0. The third-order valence-corrected chi connectivity index (χ3v) is 3.38. The molecule has 1 atom stereocenters. The highest BCUT2D eigenvalue weighted by molar-refractivity contribution is 7.18. The Morgan fingerprint density at radius 1 is 1.21 bits per heavy atom. The van der Waals surface area contributed by atoms with Gasteiger partial charge in [0.25, 0.3) is 0 Å². The number of alkyl halides is 1. The Kier molecular flexibility index (Phi) is 2.44. The Labute approximate surface area is 88.6 Å². The summed E-state index contributed by atoms with van der Waals surface area (Å²) in [4.78, 5) is 2.08. The third-order valence-electron chi connectivity index (χ3n) is 2.06. The molecule has 0 fully saturated rings. The smallest absolute Gasteiger partial charge is 0.190 e. The molecule has 0 aliphatic carbocycles. The van der Waals surface area contributed by atoms with Crippen LogP contribution < -0.4 is 9.47 Å². The molecule has 1 aliphatic rings. The van der Waals surface area contributed by atoms with E-state index in [1.807, 2.05) is 13.8 Å². The topological polar surface area (TPSA) is 18.5 Å². The van der Waals surface area contributed by atoms with Crippen LogP contribution in [0.2, 0.25) is 0 Å². The van der Waals surface area contributed by atoms with Crippen molar-refractivity contribution in [1.29, 1.82) is 0 Å². The molecule has 0 saturated carbocycles. The van der Waals surface area contributed by atoms with Crippen molar-refractivity contribution in [2.24, 2.45) is 0 Å². The van der Waals surface area contributed by atoms with E-state index in [-0.39, 0.29) is 13.2 Å². The monoisotopic (exact) mass is 234 g/mol. The van der Waals surface area contributed by atoms with Gasteiger partial charge in [0.05, 0.1) is 0 Å². The van der Waals surface area contributed by atoms with Gasteiger partial charge in [-0.1, -0.05) is 9.24 Å². The maximum absolute atomic E-state index is 13.6. The van der Waals surface area contributed by atoms with Crippen molar-refractivity contribution in [2.45, 2.75) is 19.3 Å². The second-order valence-electron chi connectivity index (χ2n) is 3.48. The van der Waals surface area contributed by atoms with Crippen LogP contribution in [0.3, 0.4) is 0 Å². The van der Waals surface area contributed by atoms with Crippen LogP contribution in [0.15, 0.2) is 0 Å². The summed E-state index contributed by atoms with van der Waals surface area (Å²) >= 11 is 1.62. The van der Waals surface area contributed by atoms with Crippen molar-refractivity contribution in [1.82, 2.24) is 0 Å². The van der Waals surface area contributed by atoms with Crippen molar-refractivity contribution in [3.05, 3.63) is 9.75 Å². The third kappa shape index (κ3) is 1.73. The van der Waals surface area contributed by atoms with E-state index in [9.17, 15) is 4.39 Å². The van der Waals surface area contributed by atoms with Gasteiger partial charge in [-0.05, 0) is 13.8 Å². The molecular weight excluding hydrogens is 222 g/mol. The summed E-state index contributed by atoms with van der Waals surface area (Å²) < 4.78 is 24.4. The largest absolute Gasteiger partial charge is 0.485 e. The number of hydrogen-bond donors (Lipinski definition) is 0. The molecule has 0 radical (unpaired) electrons. The maximum Gasteiger partial charge on any atom is 0.190 e. The van der Waals surface area contributed by atoms with E-state index in [0.717, 1.165) is 9.75 Å². The summed E-state index contributed by atoms with van der Waals surface area (Å²) in [5.41, 5.74) is 0. The Morgan fingerprint density at radius 2 is 1.64 bits per heavy atom. The van der Waals surface area contributed by atoms with Crippen LogP contribution in [-0.2, 0) is 0 Å². The van der Waals surface area contributed by atoms with Crippen LogP contribution in [0.1, 0.15) is 9.75 Å². The summed E-state index contributed by atoms with van der Waals surface area (Å²) in [6.45, 7) is 3.96. The highest BCUT2D eigenvalue weighted by Gasteiger charge is 2.32. The first kappa shape index (κ1) is 10.2. The number of aryl methyl sites for hydroxylation is 2. The molecule has 0 aromatic carbocycles. The van der Waals surface area contributed by atoms with E-state index in [2.05, 4.69) is 9.24 Å². The average Bonchev–Trinajstić information content (AvgIpc) is 2.26. The summed E-state index contributed by atoms with van der Waals surface area (Å²) in [5.74, 6) is 1.41. The predicted molar refractivity (Wildman–Crippen MR) is 58.3 cm³/mol. The number of fused-ring (bicyclic) bond motifs is 1. The van der Waals surface area contributed by atoms with E-state index in [4.69, 9.17) is 9.47 Å². The number of halogens is 1. The van der Waals surface area contributed by atoms with Crippen molar-refractivity contribution in [3.63, 3.8) is 0 Å². The quantitative estimate of drug-likeness (QED) is 0.642. The molecule has 0 spiro atoms. The number of thiophene rings is 1. The van der Waals surface area contributed by atoms with Crippen LogP contribution in [0.5, 0.6) is 11.5 Å². The minimum Gasteiger partial charge on any atom is -0.485 e. The lowest BCUT2D eigenvalue weighted by atomic mass is 10.4. The molecule has 2 heterocycles. The van der Waals surface area contributed by atoms with Crippen molar-refractivity contribution in [3.8, 4) is 11.5 Å². The fourth-order valence-corrected chi connectivity index (χ4v) is 2.52. The normalized spacial score (nSPS) is 19.1. The van der Waals surface area contributed by atoms with Gasteiger partial charge in [-0.2, -0.15) is 0 Å². The van der Waals surface area contributed by atoms with Gasteiger partial charge in [0.2, 0.25) is 0 Å². The molecule has 1 aromatic rings. The van der Waals surface area contributed by atoms with Gasteiger partial charge in [0.1, 0.15) is 13.2 Å². The molecule has 1 aromatic heterocycles. The average molecular weight is 234 g/mol. The van der Waals surface area contributed by atoms with Crippen molar-refractivity contribution >= 4 is 20.6 Å². The lowest BCUT2D eigenvalue weighted by molar-refractivity contribution is 0.132. The molecule has 0 amide bonds. The van der Waals surface area contributed by atoms with Crippen molar-refractivity contribution < 1.29 is 13.9 Å².